The van der Waals surface area contributed by atoms with Crippen LogP contribution < -0.4 is 27.8 Å². The number of ether oxygens (including phenoxy) is 2. The maximum absolute atomic E-state index is 13.4. The van der Waals surface area contributed by atoms with Crippen LogP contribution in [0.5, 0.6) is 0 Å². The fourth-order valence-electron chi connectivity index (χ4n) is 9.56. The van der Waals surface area contributed by atoms with Crippen LogP contribution in [0.4, 0.5) is 0 Å². The van der Waals surface area contributed by atoms with Crippen molar-refractivity contribution in [1.29, 1.82) is 0 Å². The Balaban J connectivity index is 0.944. The number of nitrogens with one attached hydrogen (secondary N) is 2. The molecule has 0 amide bonds. The predicted octanol–water partition coefficient (Wildman–Crippen LogP) is 5.30. The van der Waals surface area contributed by atoms with Gasteiger partial charge in [-0.25, -0.2) is 14.4 Å². The Morgan fingerprint density at radius 3 is 2.29 bits per heavy atom. The molecule has 3 fully saturated rings. The maximum atomic E-state index is 13.4. The lowest BCUT2D eigenvalue weighted by molar-refractivity contribution is -0.466. The van der Waals surface area contributed by atoms with Gasteiger partial charge in [0.15, 0.2) is 11.9 Å². The molecule has 5 rings (SSSR count). The number of carbonyl (C=O) groups is 2. The van der Waals surface area contributed by atoms with Crippen molar-refractivity contribution in [2.75, 3.05) is 26.3 Å². The minimum Gasteiger partial charge on any atom is -0.465 e. The Kier molecular flexibility index (Phi) is 17.3. The first-order valence-corrected chi connectivity index (χ1v) is 22.2. The van der Waals surface area contributed by atoms with Crippen LogP contribution in [0.2, 0.25) is 0 Å². The molecule has 310 valence electrons. The molecule has 0 unspecified atom stereocenters. The number of nitrogens with two attached hydrogens (primary N) is 3. The van der Waals surface area contributed by atoms with Crippen LogP contribution in [-0.2, 0) is 19.1 Å². The number of unbranched alkanes of at least 4 members (excludes halogenated alkanes) is 13. The number of carbonyl (C=O) groups excluding carboxylic acids is 2. The van der Waals surface area contributed by atoms with Crippen molar-refractivity contribution in [1.82, 2.24) is 15.5 Å². The van der Waals surface area contributed by atoms with Gasteiger partial charge in [0.1, 0.15) is 11.6 Å². The quantitative estimate of drug-likeness (QED) is 0.0268. The number of hydrogen-bond acceptors (Lipinski definition) is 10. The van der Waals surface area contributed by atoms with E-state index in [0.717, 1.165) is 114 Å². The third kappa shape index (κ3) is 12.2. The van der Waals surface area contributed by atoms with Crippen molar-refractivity contribution >= 4 is 29.8 Å². The number of nitrogens with zero attached hydrogens (tertiary/aromatic N) is 4. The summed E-state index contributed by atoms with van der Waals surface area (Å²) in [5.41, 5.74) is 18.9. The predicted molar refractivity (Wildman–Crippen MR) is 219 cm³/mol. The summed E-state index contributed by atoms with van der Waals surface area (Å²) in [6.07, 6.45) is 25.5. The van der Waals surface area contributed by atoms with Gasteiger partial charge in [-0.15, -0.1) is 0 Å². The molecule has 55 heavy (non-hydrogen) atoms. The van der Waals surface area contributed by atoms with Gasteiger partial charge in [0, 0.05) is 31.1 Å². The van der Waals surface area contributed by atoms with E-state index in [1.807, 2.05) is 4.58 Å². The third-order valence-electron chi connectivity index (χ3n) is 12.4. The highest BCUT2D eigenvalue weighted by molar-refractivity contribution is 5.92. The fraction of sp³-hybridized carbons (Fsp3) is 0.833. The normalized spacial score (nSPS) is 25.5. The van der Waals surface area contributed by atoms with E-state index in [1.54, 1.807) is 0 Å². The number of hydrogen-bond donors (Lipinski definition) is 5. The van der Waals surface area contributed by atoms with E-state index < -0.39 is 0 Å². The number of esters is 2. The first-order chi connectivity index (χ1) is 26.8. The van der Waals surface area contributed by atoms with Gasteiger partial charge < -0.3 is 31.2 Å². The second kappa shape index (κ2) is 22.3. The SMILES string of the molecule is CCCCCCCCC[C@@H]1C[C@@H]2CC[C@H]3[C@@H](C(=O)OCCCCCCCCC[C@H]4NC(N)=[N+]5CCCC5=C4C(=O)OCCCCN=C(N)N)[C@@H](C)N=C(N1)N23. The number of guanidine groups is 3. The van der Waals surface area contributed by atoms with Crippen molar-refractivity contribution < 1.29 is 23.6 Å². The van der Waals surface area contributed by atoms with E-state index in [0.29, 0.717) is 44.2 Å². The molecular formula is C42H74N9O4+. The molecule has 0 aromatic rings. The Morgan fingerprint density at radius 2 is 1.55 bits per heavy atom. The van der Waals surface area contributed by atoms with E-state index in [4.69, 9.17) is 31.7 Å². The minimum atomic E-state index is -0.247. The molecule has 0 bridgehead atoms. The van der Waals surface area contributed by atoms with Gasteiger partial charge in [-0.05, 0) is 71.1 Å². The molecule has 13 nitrogen and oxygen atoms in total. The Bertz CT molecular complexity index is 1380. The molecule has 13 heteroatoms. The largest absolute Gasteiger partial charge is 0.465 e. The zero-order valence-corrected chi connectivity index (χ0v) is 34.2. The van der Waals surface area contributed by atoms with Crippen molar-refractivity contribution in [3.05, 3.63) is 11.3 Å². The van der Waals surface area contributed by atoms with Gasteiger partial charge in [0.2, 0.25) is 0 Å². The van der Waals surface area contributed by atoms with E-state index in [1.165, 1.54) is 51.4 Å². The van der Waals surface area contributed by atoms with Crippen LogP contribution in [0.25, 0.3) is 0 Å². The number of allylic oxidation sites excluding steroid dienone is 1. The zero-order valence-electron chi connectivity index (χ0n) is 34.2. The van der Waals surface area contributed by atoms with Gasteiger partial charge in [-0.1, -0.05) is 84.0 Å². The summed E-state index contributed by atoms with van der Waals surface area (Å²) in [4.78, 5) is 38.1. The van der Waals surface area contributed by atoms with Gasteiger partial charge in [0.05, 0.1) is 37.4 Å². The fourth-order valence-corrected chi connectivity index (χ4v) is 9.56. The standard InChI is InChI=1S/C42H73N9O4/c1-3-4-5-6-8-11-14-20-31-29-32-23-24-35-36(30(2)47-42(48-31)51(32)35)38(52)54-27-17-13-10-7-9-12-15-21-33-37(34-22-19-26-50(34)41(45)49-33)39(53)55-28-18-16-25-46-40(43)44/h30-33,35-36H,3-29H2,1-2H3,(H7,43,44,45,46,47,48,49)/p+1/t30-,31-,32+,33-,35+,36+/m1/s1. The van der Waals surface area contributed by atoms with E-state index in [-0.39, 0.29) is 41.9 Å². The van der Waals surface area contributed by atoms with Crippen LogP contribution in [0.1, 0.15) is 162 Å². The highest BCUT2D eigenvalue weighted by atomic mass is 16.5. The van der Waals surface area contributed by atoms with Gasteiger partial charge in [-0.3, -0.25) is 20.8 Å². The van der Waals surface area contributed by atoms with E-state index >= 15 is 0 Å². The summed E-state index contributed by atoms with van der Waals surface area (Å²) in [5.74, 6) is 1.25. The topological polar surface area (TPSA) is 186 Å². The Morgan fingerprint density at radius 1 is 0.873 bits per heavy atom. The van der Waals surface area contributed by atoms with Crippen LogP contribution in [0.3, 0.4) is 0 Å². The smallest absolute Gasteiger partial charge is 0.348 e. The van der Waals surface area contributed by atoms with Crippen LogP contribution >= 0.6 is 0 Å². The van der Waals surface area contributed by atoms with E-state index in [2.05, 4.69) is 34.4 Å². The third-order valence-corrected chi connectivity index (χ3v) is 12.4. The average Bonchev–Trinajstić information content (AvgIpc) is 3.82. The molecule has 0 saturated carbocycles. The van der Waals surface area contributed by atoms with Crippen LogP contribution in [0, 0.1) is 5.92 Å². The highest BCUT2D eigenvalue weighted by Gasteiger charge is 2.51. The molecule has 3 saturated heterocycles. The van der Waals surface area contributed by atoms with Crippen molar-refractivity contribution in [2.45, 2.75) is 192 Å². The lowest BCUT2D eigenvalue weighted by Crippen LogP contribution is -2.63. The second-order valence-corrected chi connectivity index (χ2v) is 16.7. The number of rotatable bonds is 25. The molecule has 0 aromatic heterocycles. The summed E-state index contributed by atoms with van der Waals surface area (Å²) in [5, 5.41) is 7.18. The molecule has 0 aliphatic carbocycles. The van der Waals surface area contributed by atoms with Crippen molar-refractivity contribution in [3.8, 4) is 0 Å². The van der Waals surface area contributed by atoms with Crippen molar-refractivity contribution in [3.63, 3.8) is 0 Å². The van der Waals surface area contributed by atoms with Crippen molar-refractivity contribution in [2.24, 2.45) is 33.1 Å². The molecule has 0 aromatic carbocycles. The second-order valence-electron chi connectivity index (χ2n) is 16.7. The van der Waals surface area contributed by atoms with Gasteiger partial charge in [-0.2, -0.15) is 0 Å². The lowest BCUT2D eigenvalue weighted by Gasteiger charge is -2.46. The number of aliphatic imine (C=N–C) groups is 2. The summed E-state index contributed by atoms with van der Waals surface area (Å²) < 4.78 is 13.6. The maximum Gasteiger partial charge on any atom is 0.348 e. The molecular weight excluding hydrogens is 695 g/mol. The Labute approximate surface area is 330 Å². The first-order valence-electron chi connectivity index (χ1n) is 22.2. The highest BCUT2D eigenvalue weighted by Crippen LogP contribution is 2.40. The number of fused-ring (bicyclic) bond motifs is 1. The zero-order chi connectivity index (χ0) is 39.0. The molecule has 5 aliphatic rings. The molecule has 5 heterocycles. The lowest BCUT2D eigenvalue weighted by atomic mass is 9.89. The average molecular weight is 769 g/mol. The molecule has 8 N–H and O–H groups in total. The summed E-state index contributed by atoms with van der Waals surface area (Å²) in [7, 11) is 0. The summed E-state index contributed by atoms with van der Waals surface area (Å²) in [6, 6.07) is 1.01. The van der Waals surface area contributed by atoms with Gasteiger partial charge in [0.25, 0.3) is 0 Å². The Hall–Kier alpha value is -3.51. The summed E-state index contributed by atoms with van der Waals surface area (Å²) >= 11 is 0. The molecule has 0 spiro atoms. The molecule has 5 aliphatic heterocycles. The summed E-state index contributed by atoms with van der Waals surface area (Å²) in [6.45, 7) is 6.54. The van der Waals surface area contributed by atoms with Gasteiger partial charge >= 0.3 is 17.9 Å². The van der Waals surface area contributed by atoms with Crippen LogP contribution in [-0.4, -0.2) is 95.8 Å². The first kappa shape index (κ1) is 42.6. The minimum absolute atomic E-state index is 0.0617. The monoisotopic (exact) mass is 769 g/mol. The van der Waals surface area contributed by atoms with Crippen LogP contribution in [0.15, 0.2) is 21.3 Å². The van der Waals surface area contributed by atoms with E-state index in [9.17, 15) is 9.59 Å². The molecule has 6 atom stereocenters. The molecule has 0 radical (unpaired) electrons.